The van der Waals surface area contributed by atoms with Crippen LogP contribution in [0.25, 0.3) is 22.2 Å². The summed E-state index contributed by atoms with van der Waals surface area (Å²) in [5.41, 5.74) is 5.26. The minimum atomic E-state index is -0.421. The fourth-order valence-electron chi connectivity index (χ4n) is 4.70. The van der Waals surface area contributed by atoms with Crippen molar-refractivity contribution >= 4 is 22.7 Å². The average Bonchev–Trinajstić information content (AvgIpc) is 3.38. The number of fused-ring (bicyclic) bond motifs is 2. The van der Waals surface area contributed by atoms with Gasteiger partial charge in [-0.25, -0.2) is 0 Å². The summed E-state index contributed by atoms with van der Waals surface area (Å²) in [6, 6.07) is 23.0. The first-order valence-corrected chi connectivity index (χ1v) is 11.1. The maximum atomic E-state index is 13.5. The lowest BCUT2D eigenvalue weighted by molar-refractivity contribution is -0.121. The SMILES string of the molecule is C=CCNC(=O)CN1C(=O)c2ccccc2[C@H]1c1c(-c2cccc(OC)c2)[nH]c2ccccc12. The van der Waals surface area contributed by atoms with E-state index in [-0.39, 0.29) is 18.4 Å². The fraction of sp³-hybridized carbons (Fsp3) is 0.143. The van der Waals surface area contributed by atoms with E-state index in [2.05, 4.69) is 16.9 Å². The summed E-state index contributed by atoms with van der Waals surface area (Å²) in [4.78, 5) is 31.4. The molecule has 0 saturated carbocycles. The number of H-pyrrole nitrogens is 1. The smallest absolute Gasteiger partial charge is 0.255 e. The summed E-state index contributed by atoms with van der Waals surface area (Å²) < 4.78 is 5.46. The highest BCUT2D eigenvalue weighted by atomic mass is 16.5. The van der Waals surface area contributed by atoms with E-state index in [1.54, 1.807) is 18.1 Å². The van der Waals surface area contributed by atoms with Crippen molar-refractivity contribution in [2.45, 2.75) is 6.04 Å². The lowest BCUT2D eigenvalue weighted by Crippen LogP contribution is -2.39. The molecule has 6 nitrogen and oxygen atoms in total. The molecule has 170 valence electrons. The highest BCUT2D eigenvalue weighted by molar-refractivity contribution is 6.03. The lowest BCUT2D eigenvalue weighted by Gasteiger charge is -2.26. The zero-order valence-corrected chi connectivity index (χ0v) is 18.9. The first kappa shape index (κ1) is 21.5. The number of carbonyl (C=O) groups excluding carboxylic acids is 2. The molecule has 0 saturated heterocycles. The van der Waals surface area contributed by atoms with Crippen LogP contribution in [0.3, 0.4) is 0 Å². The summed E-state index contributed by atoms with van der Waals surface area (Å²) in [5.74, 6) is 0.357. The van der Waals surface area contributed by atoms with E-state index in [0.29, 0.717) is 12.1 Å². The second-order valence-corrected chi connectivity index (χ2v) is 8.21. The molecule has 2 amide bonds. The first-order chi connectivity index (χ1) is 16.6. The Morgan fingerprint density at radius 3 is 2.74 bits per heavy atom. The molecule has 0 unspecified atom stereocenters. The van der Waals surface area contributed by atoms with Gasteiger partial charge in [0.25, 0.3) is 5.91 Å². The van der Waals surface area contributed by atoms with Gasteiger partial charge in [0.15, 0.2) is 0 Å². The molecule has 4 aromatic rings. The largest absolute Gasteiger partial charge is 0.497 e. The van der Waals surface area contributed by atoms with Crippen LogP contribution < -0.4 is 10.1 Å². The van der Waals surface area contributed by atoms with Gasteiger partial charge in [0.05, 0.1) is 18.8 Å². The van der Waals surface area contributed by atoms with Crippen LogP contribution >= 0.6 is 0 Å². The Labute approximate surface area is 197 Å². The predicted molar refractivity (Wildman–Crippen MR) is 133 cm³/mol. The predicted octanol–water partition coefficient (Wildman–Crippen LogP) is 4.69. The number of methoxy groups -OCH3 is 1. The molecule has 1 aromatic heterocycles. The molecule has 0 aliphatic carbocycles. The molecule has 1 atom stereocenters. The molecule has 5 rings (SSSR count). The maximum absolute atomic E-state index is 13.5. The van der Waals surface area contributed by atoms with Crippen molar-refractivity contribution in [3.63, 3.8) is 0 Å². The molecule has 34 heavy (non-hydrogen) atoms. The van der Waals surface area contributed by atoms with E-state index < -0.39 is 6.04 Å². The van der Waals surface area contributed by atoms with E-state index in [1.165, 1.54) is 0 Å². The highest BCUT2D eigenvalue weighted by Gasteiger charge is 2.40. The minimum Gasteiger partial charge on any atom is -0.497 e. The quantitative estimate of drug-likeness (QED) is 0.400. The van der Waals surface area contributed by atoms with Gasteiger partial charge in [-0.3, -0.25) is 9.59 Å². The standard InChI is InChI=1S/C28H25N3O3/c1-3-15-29-24(32)17-31-27(20-11-4-5-12-21(20)28(31)33)25-22-13-6-7-14-23(22)30-26(25)18-9-8-10-19(16-18)34-2/h3-14,16,27,30H,1,15,17H2,2H3,(H,29,32)/t27-/m0/s1. The van der Waals surface area contributed by atoms with Crippen molar-refractivity contribution in [3.05, 3.63) is 102 Å². The zero-order valence-electron chi connectivity index (χ0n) is 18.9. The van der Waals surface area contributed by atoms with E-state index in [9.17, 15) is 9.59 Å². The van der Waals surface area contributed by atoms with Crippen LogP contribution in [0.1, 0.15) is 27.5 Å². The van der Waals surface area contributed by atoms with Crippen LogP contribution in [0.5, 0.6) is 5.75 Å². The number of aromatic amines is 1. The van der Waals surface area contributed by atoms with Gasteiger partial charge in [0.2, 0.25) is 5.91 Å². The zero-order chi connectivity index (χ0) is 23.7. The van der Waals surface area contributed by atoms with Gasteiger partial charge in [-0.05, 0) is 29.8 Å². The van der Waals surface area contributed by atoms with E-state index in [4.69, 9.17) is 4.74 Å². The van der Waals surface area contributed by atoms with Gasteiger partial charge in [0.1, 0.15) is 12.3 Å². The Morgan fingerprint density at radius 1 is 1.12 bits per heavy atom. The summed E-state index contributed by atoms with van der Waals surface area (Å²) in [6.07, 6.45) is 1.62. The third-order valence-corrected chi connectivity index (χ3v) is 6.19. The Bertz CT molecular complexity index is 1410. The second kappa shape index (κ2) is 8.90. The summed E-state index contributed by atoms with van der Waals surface area (Å²) in [6.45, 7) is 3.95. The van der Waals surface area contributed by atoms with Crippen LogP contribution in [0.15, 0.2) is 85.5 Å². The number of ether oxygens (including phenoxy) is 1. The monoisotopic (exact) mass is 451 g/mol. The normalized spacial score (nSPS) is 14.8. The maximum Gasteiger partial charge on any atom is 0.255 e. The molecule has 0 fully saturated rings. The number of hydrogen-bond acceptors (Lipinski definition) is 3. The average molecular weight is 452 g/mol. The molecule has 0 spiro atoms. The number of rotatable bonds is 7. The highest BCUT2D eigenvalue weighted by Crippen LogP contribution is 2.45. The van der Waals surface area contributed by atoms with Crippen molar-refractivity contribution in [2.24, 2.45) is 0 Å². The molecule has 1 aliphatic heterocycles. The van der Waals surface area contributed by atoms with Crippen LogP contribution in [0.4, 0.5) is 0 Å². The Kier molecular flexibility index (Phi) is 5.64. The van der Waals surface area contributed by atoms with Crippen LogP contribution in [-0.2, 0) is 4.79 Å². The van der Waals surface area contributed by atoms with Crippen molar-refractivity contribution in [1.29, 1.82) is 0 Å². The van der Waals surface area contributed by atoms with E-state index >= 15 is 0 Å². The molecule has 1 aliphatic rings. The van der Waals surface area contributed by atoms with Gasteiger partial charge >= 0.3 is 0 Å². The van der Waals surface area contributed by atoms with Gasteiger partial charge in [-0.1, -0.05) is 54.6 Å². The number of para-hydroxylation sites is 1. The molecule has 6 heteroatoms. The van der Waals surface area contributed by atoms with Crippen LogP contribution in [-0.4, -0.2) is 41.9 Å². The number of benzene rings is 3. The Morgan fingerprint density at radius 2 is 1.91 bits per heavy atom. The number of nitrogens with one attached hydrogen (secondary N) is 2. The summed E-state index contributed by atoms with van der Waals surface area (Å²) in [7, 11) is 1.64. The molecule has 0 bridgehead atoms. The summed E-state index contributed by atoms with van der Waals surface area (Å²) in [5, 5.41) is 3.80. The van der Waals surface area contributed by atoms with Gasteiger partial charge in [-0.15, -0.1) is 6.58 Å². The Balaban J connectivity index is 1.72. The number of nitrogens with zero attached hydrogens (tertiary/aromatic N) is 1. The second-order valence-electron chi connectivity index (χ2n) is 8.21. The molecule has 3 aromatic carbocycles. The van der Waals surface area contributed by atoms with Gasteiger partial charge < -0.3 is 19.9 Å². The topological polar surface area (TPSA) is 74.4 Å². The third-order valence-electron chi connectivity index (χ3n) is 6.19. The molecule has 2 heterocycles. The van der Waals surface area contributed by atoms with Crippen LogP contribution in [0, 0.1) is 0 Å². The Hall–Kier alpha value is -4.32. The molecular weight excluding hydrogens is 426 g/mol. The molecule has 2 N–H and O–H groups in total. The number of aromatic nitrogens is 1. The van der Waals surface area contributed by atoms with Crippen molar-refractivity contribution in [3.8, 4) is 17.0 Å². The van der Waals surface area contributed by atoms with E-state index in [0.717, 1.165) is 39.0 Å². The number of carbonyl (C=O) groups is 2. The first-order valence-electron chi connectivity index (χ1n) is 11.1. The van der Waals surface area contributed by atoms with Crippen molar-refractivity contribution < 1.29 is 14.3 Å². The van der Waals surface area contributed by atoms with Crippen molar-refractivity contribution in [1.82, 2.24) is 15.2 Å². The van der Waals surface area contributed by atoms with Gasteiger partial charge in [0, 0.05) is 34.1 Å². The minimum absolute atomic E-state index is 0.0525. The summed E-state index contributed by atoms with van der Waals surface area (Å²) >= 11 is 0. The fourth-order valence-corrected chi connectivity index (χ4v) is 4.70. The number of amides is 2. The molecular formula is C28H25N3O3. The van der Waals surface area contributed by atoms with E-state index in [1.807, 2.05) is 72.8 Å². The van der Waals surface area contributed by atoms with Gasteiger partial charge in [-0.2, -0.15) is 0 Å². The van der Waals surface area contributed by atoms with Crippen molar-refractivity contribution in [2.75, 3.05) is 20.2 Å². The lowest BCUT2D eigenvalue weighted by atomic mass is 9.93. The third kappa shape index (κ3) is 3.63. The number of hydrogen-bond donors (Lipinski definition) is 2. The molecule has 0 radical (unpaired) electrons. The van der Waals surface area contributed by atoms with Crippen LogP contribution in [0.2, 0.25) is 0 Å².